The van der Waals surface area contributed by atoms with Crippen LogP contribution in [0.25, 0.3) is 0 Å². The normalized spacial score (nSPS) is 4.00. The molecular weight excluding hydrogens is 178 g/mol. The number of allylic oxidation sites excluding steroid dienone is 1. The Balaban J connectivity index is 0. The molecule has 0 fully saturated rings. The summed E-state index contributed by atoms with van der Waals surface area (Å²) in [7, 11) is 4.49. The van der Waals surface area contributed by atoms with Gasteiger partial charge in [-0.05, 0) is 6.92 Å². The Morgan fingerprint density at radius 1 is 1.80 bits per heavy atom. The van der Waals surface area contributed by atoms with Crippen LogP contribution in [0.4, 0.5) is 0 Å². The summed E-state index contributed by atoms with van der Waals surface area (Å²) in [4.78, 5) is 0. The first-order chi connectivity index (χ1) is 2.41. The third-order valence-electron chi connectivity index (χ3n) is 0. The van der Waals surface area contributed by atoms with E-state index in [2.05, 4.69) is 34.3 Å². The molecule has 5 heavy (non-hydrogen) atoms. The van der Waals surface area contributed by atoms with Crippen LogP contribution >= 0.6 is 9.53 Å². The molecule has 0 aliphatic rings. The zero-order valence-corrected chi connectivity index (χ0v) is 5.29. The summed E-state index contributed by atoms with van der Waals surface area (Å²) in [5.41, 5.74) is 0. The van der Waals surface area contributed by atoms with E-state index in [0.717, 1.165) is 0 Å². The van der Waals surface area contributed by atoms with Crippen molar-refractivity contribution in [1.29, 1.82) is 0 Å². The second-order valence-corrected chi connectivity index (χ2v) is 0.408. The van der Waals surface area contributed by atoms with E-state index in [0.29, 0.717) is 0 Å². The minimum absolute atomic E-state index is 1.75. The molecule has 0 N–H and O–H groups in total. The molecule has 0 atom stereocenters. The summed E-state index contributed by atoms with van der Waals surface area (Å²) < 4.78 is 0. The monoisotopic (exact) mass is 183 g/mol. The van der Waals surface area contributed by atoms with Crippen molar-refractivity contribution in [1.82, 2.24) is 0 Å². The van der Waals surface area contributed by atoms with Gasteiger partial charge in [0, 0.05) is 0 Å². The second kappa shape index (κ2) is 22.3. The van der Waals surface area contributed by atoms with Crippen molar-refractivity contribution in [2.24, 2.45) is 0 Å². The Labute approximate surface area is 47.6 Å². The number of hydrogen-bond acceptors (Lipinski definition) is 0. The summed E-state index contributed by atoms with van der Waals surface area (Å²) in [6, 6.07) is 0. The Hall–Kier alpha value is 0.692. The van der Waals surface area contributed by atoms with E-state index in [1.54, 1.807) is 6.08 Å². The molecule has 0 amide bonds. The van der Waals surface area contributed by atoms with Crippen molar-refractivity contribution in [3.05, 3.63) is 12.7 Å². The van der Waals surface area contributed by atoms with Crippen molar-refractivity contribution < 1.29 is 18.2 Å². The molecule has 0 aromatic heterocycles. The van der Waals surface area contributed by atoms with Crippen molar-refractivity contribution in [3.63, 3.8) is 0 Å². The van der Waals surface area contributed by atoms with E-state index in [9.17, 15) is 0 Å². The molecule has 0 heterocycles. The molecule has 0 aromatic carbocycles. The number of rotatable bonds is 0. The predicted octanol–water partition coefficient (Wildman–Crippen LogP) is 1.88. The average molecular weight is 184 g/mol. The van der Waals surface area contributed by atoms with Gasteiger partial charge in [0.2, 0.25) is 0 Å². The van der Waals surface area contributed by atoms with Crippen LogP contribution in [0.5, 0.6) is 0 Å². The van der Waals surface area contributed by atoms with Gasteiger partial charge in [0.05, 0.1) is 0 Å². The van der Waals surface area contributed by atoms with Crippen LogP contribution in [0, 0.1) is 0 Å². The molecule has 0 radical (unpaired) electrons. The van der Waals surface area contributed by atoms with Gasteiger partial charge in [0.25, 0.3) is 0 Å². The van der Waals surface area contributed by atoms with Crippen molar-refractivity contribution in [2.45, 2.75) is 6.92 Å². The third-order valence-corrected chi connectivity index (χ3v) is 0. The molecule has 34 valence electrons. The van der Waals surface area contributed by atoms with Gasteiger partial charge in [-0.2, -0.15) is 0 Å². The van der Waals surface area contributed by atoms with Gasteiger partial charge < -0.3 is 0 Å². The standard InChI is InChI=1S/C3H6.ClH.Pd/c1-3-2;;/h3H,1H2,2H3;1H;/q;;+2/p-1. The molecule has 0 saturated carbocycles. The first-order valence-electron chi connectivity index (χ1n) is 1.11. The topological polar surface area (TPSA) is 0 Å². The second-order valence-electron chi connectivity index (χ2n) is 0.408. The molecule has 0 aromatic rings. The van der Waals surface area contributed by atoms with Crippen LogP contribution in [0.2, 0.25) is 0 Å². The summed E-state index contributed by atoms with van der Waals surface area (Å²) in [6.45, 7) is 5.25. The third kappa shape index (κ3) is 71.0. The van der Waals surface area contributed by atoms with Gasteiger partial charge in [-0.25, -0.2) is 0 Å². The Morgan fingerprint density at radius 3 is 1.80 bits per heavy atom. The fraction of sp³-hybridized carbons (Fsp3) is 0.333. The van der Waals surface area contributed by atoms with Crippen molar-refractivity contribution in [2.75, 3.05) is 0 Å². The fourth-order valence-corrected chi connectivity index (χ4v) is 0. The zero-order valence-electron chi connectivity index (χ0n) is 2.98. The van der Waals surface area contributed by atoms with Crippen LogP contribution in [-0.2, 0) is 18.2 Å². The average Bonchev–Trinajstić information content (AvgIpc) is 1.46. The quantitative estimate of drug-likeness (QED) is 0.398. The van der Waals surface area contributed by atoms with Crippen LogP contribution < -0.4 is 0 Å². The van der Waals surface area contributed by atoms with E-state index in [-0.39, 0.29) is 0 Å². The number of halogens is 1. The fourth-order valence-electron chi connectivity index (χ4n) is 0. The van der Waals surface area contributed by atoms with Gasteiger partial charge in [0.15, 0.2) is 0 Å². The van der Waals surface area contributed by atoms with Crippen molar-refractivity contribution in [3.8, 4) is 0 Å². The SMILES string of the molecule is C=CC.[Cl][Pd+]. The summed E-state index contributed by atoms with van der Waals surface area (Å²) >= 11 is 2.22. The van der Waals surface area contributed by atoms with Crippen LogP contribution in [0.3, 0.4) is 0 Å². The molecular formula is C3H6ClPd+. The van der Waals surface area contributed by atoms with Gasteiger partial charge >= 0.3 is 27.7 Å². The molecule has 0 aliphatic heterocycles. The molecule has 0 saturated heterocycles. The first-order valence-corrected chi connectivity index (χ1v) is 3.11. The first kappa shape index (κ1) is 9.19. The minimum atomic E-state index is 1.75. The van der Waals surface area contributed by atoms with E-state index in [1.807, 2.05) is 6.92 Å². The maximum atomic E-state index is 4.49. The molecule has 0 bridgehead atoms. The van der Waals surface area contributed by atoms with Gasteiger partial charge in [-0.15, -0.1) is 6.58 Å². The van der Waals surface area contributed by atoms with Crippen molar-refractivity contribution >= 4 is 9.53 Å². The number of hydrogen-bond donors (Lipinski definition) is 0. The Kier molecular flexibility index (Phi) is 41.1. The van der Waals surface area contributed by atoms with Crippen LogP contribution in [0.1, 0.15) is 6.92 Å². The van der Waals surface area contributed by atoms with Crippen LogP contribution in [-0.4, -0.2) is 0 Å². The Bertz CT molecular complexity index is 14.4. The molecule has 0 nitrogen and oxygen atoms in total. The van der Waals surface area contributed by atoms with E-state index >= 15 is 0 Å². The van der Waals surface area contributed by atoms with Gasteiger partial charge in [-0.1, -0.05) is 6.08 Å². The van der Waals surface area contributed by atoms with Gasteiger partial charge in [-0.3, -0.25) is 0 Å². The molecule has 0 rings (SSSR count). The molecule has 0 aliphatic carbocycles. The molecule has 0 spiro atoms. The summed E-state index contributed by atoms with van der Waals surface area (Å²) in [5, 5.41) is 0. The van der Waals surface area contributed by atoms with E-state index in [1.165, 1.54) is 0 Å². The zero-order chi connectivity index (χ0) is 4.71. The molecule has 2 heteroatoms. The van der Waals surface area contributed by atoms with E-state index in [4.69, 9.17) is 0 Å². The Morgan fingerprint density at radius 2 is 1.80 bits per heavy atom. The molecule has 0 unspecified atom stereocenters. The summed E-state index contributed by atoms with van der Waals surface area (Å²) in [6.07, 6.45) is 1.75. The maximum absolute atomic E-state index is 4.49. The predicted molar refractivity (Wildman–Crippen MR) is 21.7 cm³/mol. The van der Waals surface area contributed by atoms with Gasteiger partial charge in [0.1, 0.15) is 0 Å². The summed E-state index contributed by atoms with van der Waals surface area (Å²) in [5.74, 6) is 0. The van der Waals surface area contributed by atoms with E-state index < -0.39 is 0 Å². The van der Waals surface area contributed by atoms with Crippen LogP contribution in [0.15, 0.2) is 12.7 Å².